The third-order valence-electron chi connectivity index (χ3n) is 3.95. The topological polar surface area (TPSA) is 125 Å². The van der Waals surface area contributed by atoms with Gasteiger partial charge in [-0.15, -0.1) is 0 Å². The molecular formula is C23H27ClO9. The van der Waals surface area contributed by atoms with Gasteiger partial charge in [0.15, 0.2) is 0 Å². The van der Waals surface area contributed by atoms with Gasteiger partial charge in [0.25, 0.3) is 0 Å². The number of hydrogen-bond acceptors (Lipinski definition) is 9. The van der Waals surface area contributed by atoms with E-state index < -0.39 is 42.6 Å². The van der Waals surface area contributed by atoms with Crippen LogP contribution >= 0.6 is 11.6 Å². The van der Waals surface area contributed by atoms with Crippen molar-refractivity contribution in [2.45, 2.75) is 59.7 Å². The molecule has 0 aliphatic carbocycles. The summed E-state index contributed by atoms with van der Waals surface area (Å²) in [5, 5.41) is 9.68. The van der Waals surface area contributed by atoms with Crippen LogP contribution in [0.2, 0.25) is 5.02 Å². The van der Waals surface area contributed by atoms with Crippen molar-refractivity contribution in [3.05, 3.63) is 58.1 Å². The van der Waals surface area contributed by atoms with Crippen molar-refractivity contribution in [2.24, 2.45) is 0 Å². The fraction of sp³-hybridized carbons (Fsp3) is 0.391. The van der Waals surface area contributed by atoms with Crippen LogP contribution in [0, 0.1) is 0 Å². The Morgan fingerprint density at radius 2 is 1.27 bits per heavy atom. The van der Waals surface area contributed by atoms with E-state index in [4.69, 9.17) is 30.5 Å². The normalized spacial score (nSPS) is 13.2. The van der Waals surface area contributed by atoms with Gasteiger partial charge in [0.05, 0.1) is 22.3 Å². The van der Waals surface area contributed by atoms with E-state index in [1.807, 2.05) is 0 Å². The van der Waals surface area contributed by atoms with Crippen LogP contribution in [0.3, 0.4) is 0 Å². The Morgan fingerprint density at radius 3 is 1.67 bits per heavy atom. The van der Waals surface area contributed by atoms with Crippen LogP contribution < -0.4 is 0 Å². The van der Waals surface area contributed by atoms with Gasteiger partial charge < -0.3 is 24.1 Å². The summed E-state index contributed by atoms with van der Waals surface area (Å²) in [6.45, 7) is 13.8. The van der Waals surface area contributed by atoms with Crippen molar-refractivity contribution < 1.29 is 43.2 Å². The predicted octanol–water partition coefficient (Wildman–Crippen LogP) is 3.51. The molecule has 0 fully saturated rings. The Morgan fingerprint density at radius 1 is 0.848 bits per heavy atom. The molecule has 0 amide bonds. The summed E-state index contributed by atoms with van der Waals surface area (Å²) >= 11 is 6.19. The first-order valence-electron chi connectivity index (χ1n) is 9.88. The second-order valence-corrected chi connectivity index (χ2v) is 7.73. The lowest BCUT2D eigenvalue weighted by molar-refractivity contribution is -0.162. The highest BCUT2D eigenvalue weighted by atomic mass is 35.5. The van der Waals surface area contributed by atoms with Crippen LogP contribution in [0.5, 0.6) is 0 Å². The number of carbonyl (C=O) groups excluding carboxylic acids is 4. The van der Waals surface area contributed by atoms with Crippen molar-refractivity contribution in [2.75, 3.05) is 0 Å². The Balaban J connectivity index is 3.31. The molecule has 9 nitrogen and oxygen atoms in total. The number of rotatable bonds is 10. The largest absolute Gasteiger partial charge is 0.422 e. The number of aliphatic hydroxyl groups is 1. The first kappa shape index (κ1) is 27.9. The third-order valence-corrected chi connectivity index (χ3v) is 4.27. The van der Waals surface area contributed by atoms with Crippen molar-refractivity contribution in [3.8, 4) is 0 Å². The monoisotopic (exact) mass is 482 g/mol. The zero-order valence-corrected chi connectivity index (χ0v) is 19.9. The molecule has 1 rings (SSSR count). The molecule has 1 N–H and O–H groups in total. The number of aliphatic hydroxyl groups excluding tert-OH is 1. The lowest BCUT2D eigenvalue weighted by Gasteiger charge is -2.20. The van der Waals surface area contributed by atoms with Crippen LogP contribution in [0.4, 0.5) is 0 Å². The molecule has 3 atom stereocenters. The fourth-order valence-corrected chi connectivity index (χ4v) is 2.75. The molecular weight excluding hydrogens is 456 g/mol. The van der Waals surface area contributed by atoms with E-state index in [1.165, 1.54) is 46.8 Å². The second-order valence-electron chi connectivity index (χ2n) is 7.33. The van der Waals surface area contributed by atoms with Crippen molar-refractivity contribution in [1.82, 2.24) is 0 Å². The minimum absolute atomic E-state index is 0.0258. The Kier molecular flexibility index (Phi) is 10.3. The van der Waals surface area contributed by atoms with E-state index >= 15 is 0 Å². The summed E-state index contributed by atoms with van der Waals surface area (Å²) in [6.07, 6.45) is -3.55. The molecule has 0 saturated carbocycles. The fourth-order valence-electron chi connectivity index (χ4n) is 2.51. The molecule has 0 aromatic heterocycles. The van der Waals surface area contributed by atoms with Crippen molar-refractivity contribution in [1.29, 1.82) is 0 Å². The lowest BCUT2D eigenvalue weighted by Crippen LogP contribution is -2.27. The van der Waals surface area contributed by atoms with Crippen LogP contribution in [0.25, 0.3) is 0 Å². The molecule has 1 aromatic carbocycles. The molecule has 0 bridgehead atoms. The highest BCUT2D eigenvalue weighted by molar-refractivity contribution is 6.34. The number of carbonyl (C=O) groups is 4. The number of ether oxygens (including phenoxy) is 4. The molecule has 0 radical (unpaired) electrons. The minimum atomic E-state index is -1.32. The van der Waals surface area contributed by atoms with Gasteiger partial charge >= 0.3 is 23.9 Å². The average molecular weight is 483 g/mol. The van der Waals surface area contributed by atoms with E-state index in [-0.39, 0.29) is 39.3 Å². The summed E-state index contributed by atoms with van der Waals surface area (Å²) in [7, 11) is 0. The standard InChI is InChI=1S/C23H27ClO9/c1-11(2)20(26)30-14(6)32-22(28)18-16(10-13(5)25)8-9-17(24)19(18)23(29)33-15(7)31-21(27)12(3)4/h8-9,13-15,25H,1,3,10H2,2,4-7H3. The van der Waals surface area contributed by atoms with Gasteiger partial charge in [-0.1, -0.05) is 30.8 Å². The quantitative estimate of drug-likeness (QED) is 0.303. The molecule has 3 unspecified atom stereocenters. The highest BCUT2D eigenvalue weighted by Gasteiger charge is 2.30. The first-order valence-corrected chi connectivity index (χ1v) is 10.3. The minimum Gasteiger partial charge on any atom is -0.422 e. The molecule has 0 saturated heterocycles. The molecule has 1 aromatic rings. The van der Waals surface area contributed by atoms with Crippen LogP contribution in [-0.2, 0) is 35.0 Å². The third kappa shape index (κ3) is 8.36. The number of benzene rings is 1. The lowest BCUT2D eigenvalue weighted by atomic mass is 9.96. The first-order chi connectivity index (χ1) is 15.2. The summed E-state index contributed by atoms with van der Waals surface area (Å²) < 4.78 is 20.1. The predicted molar refractivity (Wildman–Crippen MR) is 118 cm³/mol. The van der Waals surface area contributed by atoms with Crippen molar-refractivity contribution in [3.63, 3.8) is 0 Å². The number of halogens is 1. The summed E-state index contributed by atoms with van der Waals surface area (Å²) in [4.78, 5) is 49.2. The maximum absolute atomic E-state index is 13.0. The van der Waals surface area contributed by atoms with Gasteiger partial charge in [-0.2, -0.15) is 0 Å². The maximum atomic E-state index is 13.0. The van der Waals surface area contributed by atoms with Gasteiger partial charge in [0.1, 0.15) is 0 Å². The van der Waals surface area contributed by atoms with Crippen LogP contribution in [0.1, 0.15) is 60.9 Å². The van der Waals surface area contributed by atoms with Gasteiger partial charge in [-0.05, 0) is 38.8 Å². The molecule has 0 aliphatic heterocycles. The van der Waals surface area contributed by atoms with E-state index in [0.717, 1.165) is 0 Å². The Bertz CT molecular complexity index is 965. The van der Waals surface area contributed by atoms with Gasteiger partial charge in [0, 0.05) is 25.0 Å². The smallest absolute Gasteiger partial charge is 0.343 e. The summed E-state index contributed by atoms with van der Waals surface area (Å²) in [6, 6.07) is 2.79. The molecule has 180 valence electrons. The Hall–Kier alpha value is -3.17. The molecule has 0 aliphatic rings. The van der Waals surface area contributed by atoms with Gasteiger partial charge in [-0.3, -0.25) is 0 Å². The molecule has 33 heavy (non-hydrogen) atoms. The van der Waals surface area contributed by atoms with Crippen LogP contribution in [-0.4, -0.2) is 47.7 Å². The zero-order chi connectivity index (χ0) is 25.5. The van der Waals surface area contributed by atoms with Crippen LogP contribution in [0.15, 0.2) is 36.4 Å². The van der Waals surface area contributed by atoms with Crippen molar-refractivity contribution >= 4 is 35.5 Å². The SMILES string of the molecule is C=C(C)C(=O)OC(C)OC(=O)c1c(Cl)ccc(CC(C)O)c1C(=O)OC(C)OC(=O)C(=C)C. The summed E-state index contributed by atoms with van der Waals surface area (Å²) in [5.74, 6) is -3.68. The average Bonchev–Trinajstić information content (AvgIpc) is 2.67. The van der Waals surface area contributed by atoms with Gasteiger partial charge in [0.2, 0.25) is 12.6 Å². The molecule has 0 spiro atoms. The highest BCUT2D eigenvalue weighted by Crippen LogP contribution is 2.28. The van der Waals surface area contributed by atoms with E-state index in [2.05, 4.69) is 13.2 Å². The zero-order valence-electron chi connectivity index (χ0n) is 19.1. The number of hydrogen-bond donors (Lipinski definition) is 1. The van der Waals surface area contributed by atoms with E-state index in [9.17, 15) is 24.3 Å². The maximum Gasteiger partial charge on any atom is 0.343 e. The number of esters is 4. The summed E-state index contributed by atoms with van der Waals surface area (Å²) in [5.41, 5.74) is -0.228. The Labute approximate surface area is 196 Å². The van der Waals surface area contributed by atoms with E-state index in [0.29, 0.717) is 0 Å². The van der Waals surface area contributed by atoms with Gasteiger partial charge in [-0.25, -0.2) is 19.2 Å². The molecule has 10 heteroatoms. The second kappa shape index (κ2) is 12.2. The molecule has 0 heterocycles. The van der Waals surface area contributed by atoms with E-state index in [1.54, 1.807) is 0 Å².